The highest BCUT2D eigenvalue weighted by Crippen LogP contribution is 2.22. The summed E-state index contributed by atoms with van der Waals surface area (Å²) in [5.41, 5.74) is 6.79. The number of aryl methyl sites for hydroxylation is 1. The fraction of sp³-hybridized carbons (Fsp3) is 0.235. The number of hydrogen-bond acceptors (Lipinski definition) is 2. The molecule has 1 atom stereocenters. The van der Waals surface area contributed by atoms with Crippen molar-refractivity contribution < 1.29 is 4.79 Å². The molecule has 2 aromatic carbocycles. The maximum Gasteiger partial charge on any atom is 0.242 e. The Hall–Kier alpha value is -2.00. The molecule has 0 saturated carbocycles. The zero-order chi connectivity index (χ0) is 15.3. The van der Waals surface area contributed by atoms with Crippen molar-refractivity contribution in [3.8, 4) is 0 Å². The molecule has 0 aromatic heterocycles. The first-order valence-corrected chi connectivity index (χ1v) is 7.25. The Labute approximate surface area is 130 Å². The van der Waals surface area contributed by atoms with Crippen LogP contribution in [0.1, 0.15) is 18.9 Å². The van der Waals surface area contributed by atoms with Crippen molar-refractivity contribution >= 4 is 23.2 Å². The average Bonchev–Trinajstić information content (AvgIpc) is 2.48. The molecule has 0 spiro atoms. The van der Waals surface area contributed by atoms with E-state index in [-0.39, 0.29) is 5.91 Å². The summed E-state index contributed by atoms with van der Waals surface area (Å²) in [5.74, 6) is -0.367. The van der Waals surface area contributed by atoms with E-state index in [1.54, 1.807) is 12.1 Å². The van der Waals surface area contributed by atoms with Crippen LogP contribution in [-0.4, -0.2) is 11.4 Å². The molecule has 2 aromatic rings. The molecule has 3 N–H and O–H groups in total. The molecule has 0 saturated heterocycles. The first kappa shape index (κ1) is 15.4. The van der Waals surface area contributed by atoms with E-state index in [2.05, 4.69) is 5.32 Å². The van der Waals surface area contributed by atoms with Crippen molar-refractivity contribution in [2.45, 2.75) is 25.3 Å². The van der Waals surface area contributed by atoms with E-state index < -0.39 is 5.54 Å². The third-order valence-corrected chi connectivity index (χ3v) is 3.82. The minimum absolute atomic E-state index is 0.367. The van der Waals surface area contributed by atoms with Gasteiger partial charge in [-0.2, -0.15) is 0 Å². The zero-order valence-corrected chi connectivity index (χ0v) is 12.7. The predicted octanol–water partition coefficient (Wildman–Crippen LogP) is 3.63. The van der Waals surface area contributed by atoms with Gasteiger partial charge in [-0.1, -0.05) is 41.9 Å². The number of halogens is 1. The highest BCUT2D eigenvalue weighted by atomic mass is 35.5. The van der Waals surface area contributed by atoms with Crippen LogP contribution < -0.4 is 11.1 Å². The molecule has 0 radical (unpaired) electrons. The summed E-state index contributed by atoms with van der Waals surface area (Å²) in [6, 6.07) is 17.3. The van der Waals surface area contributed by atoms with Crippen molar-refractivity contribution in [2.75, 3.05) is 5.32 Å². The van der Waals surface area contributed by atoms with Crippen LogP contribution in [0.4, 0.5) is 5.69 Å². The van der Waals surface area contributed by atoms with Gasteiger partial charge >= 0.3 is 0 Å². The highest BCUT2D eigenvalue weighted by molar-refractivity contribution is 6.30. The Morgan fingerprint density at radius 1 is 1.14 bits per heavy atom. The molecule has 110 valence electrons. The average molecular weight is 303 g/mol. The summed E-state index contributed by atoms with van der Waals surface area (Å²) in [5, 5.41) is 3.88. The van der Waals surface area contributed by atoms with Gasteiger partial charge in [-0.3, -0.25) is 4.79 Å². The summed E-state index contributed by atoms with van der Waals surface area (Å²) >= 11 is 5.87. The molecule has 0 fully saturated rings. The van der Waals surface area contributed by atoms with Crippen molar-refractivity contribution in [1.29, 1.82) is 0 Å². The second-order valence-corrected chi connectivity index (χ2v) is 5.75. The van der Waals surface area contributed by atoms with E-state index in [1.165, 1.54) is 5.56 Å². The summed E-state index contributed by atoms with van der Waals surface area (Å²) in [4.78, 5) is 11.8. The number of benzene rings is 2. The number of rotatable bonds is 6. The van der Waals surface area contributed by atoms with E-state index in [9.17, 15) is 4.79 Å². The number of anilines is 1. The van der Waals surface area contributed by atoms with E-state index in [0.717, 1.165) is 12.1 Å². The van der Waals surface area contributed by atoms with Gasteiger partial charge in [0.25, 0.3) is 0 Å². The molecule has 0 heterocycles. The second kappa shape index (κ2) is 6.64. The summed E-state index contributed by atoms with van der Waals surface area (Å²) in [7, 11) is 0. The lowest BCUT2D eigenvalue weighted by Gasteiger charge is -2.28. The van der Waals surface area contributed by atoms with E-state index in [1.807, 2.05) is 49.4 Å². The third-order valence-electron chi connectivity index (χ3n) is 3.56. The normalized spacial score (nSPS) is 13.4. The number of amides is 1. The summed E-state index contributed by atoms with van der Waals surface area (Å²) in [6.45, 7) is 1.83. The summed E-state index contributed by atoms with van der Waals surface area (Å²) < 4.78 is 0. The molecule has 4 heteroatoms. The van der Waals surface area contributed by atoms with E-state index >= 15 is 0 Å². The molecule has 21 heavy (non-hydrogen) atoms. The van der Waals surface area contributed by atoms with Crippen LogP contribution >= 0.6 is 11.6 Å². The molecule has 0 aliphatic carbocycles. The van der Waals surface area contributed by atoms with E-state index in [0.29, 0.717) is 11.4 Å². The molecular weight excluding hydrogens is 284 g/mol. The van der Waals surface area contributed by atoms with E-state index in [4.69, 9.17) is 17.3 Å². The fourth-order valence-corrected chi connectivity index (χ4v) is 2.26. The van der Waals surface area contributed by atoms with Crippen LogP contribution in [0.25, 0.3) is 0 Å². The monoisotopic (exact) mass is 302 g/mol. The van der Waals surface area contributed by atoms with Crippen molar-refractivity contribution in [3.05, 3.63) is 65.2 Å². The van der Waals surface area contributed by atoms with Crippen LogP contribution in [0.3, 0.4) is 0 Å². The Morgan fingerprint density at radius 2 is 1.76 bits per heavy atom. The maximum absolute atomic E-state index is 11.8. The molecule has 0 aliphatic heterocycles. The first-order valence-electron chi connectivity index (χ1n) is 6.87. The Kier molecular flexibility index (Phi) is 4.86. The minimum atomic E-state index is -0.802. The standard InChI is InChI=1S/C17H19ClN2O/c1-17(16(19)21,12-11-13-5-3-2-4-6-13)20-15-9-7-14(18)8-10-15/h2-10,20H,11-12H2,1H3,(H2,19,21). The number of carbonyl (C=O) groups excluding carboxylic acids is 1. The lowest BCUT2D eigenvalue weighted by atomic mass is 9.92. The minimum Gasteiger partial charge on any atom is -0.371 e. The lowest BCUT2D eigenvalue weighted by Crippen LogP contribution is -2.48. The third kappa shape index (κ3) is 4.23. The number of hydrogen-bond donors (Lipinski definition) is 2. The molecular formula is C17H19ClN2O. The number of primary amides is 1. The van der Waals surface area contributed by atoms with Gasteiger partial charge in [-0.15, -0.1) is 0 Å². The van der Waals surface area contributed by atoms with Gasteiger partial charge in [-0.05, 0) is 49.6 Å². The van der Waals surface area contributed by atoms with Crippen LogP contribution in [0.2, 0.25) is 5.02 Å². The van der Waals surface area contributed by atoms with Crippen LogP contribution in [0.5, 0.6) is 0 Å². The Bertz CT molecular complexity index is 598. The number of carbonyl (C=O) groups is 1. The van der Waals surface area contributed by atoms with Crippen LogP contribution in [0.15, 0.2) is 54.6 Å². The Balaban J connectivity index is 2.09. The molecule has 1 unspecified atom stereocenters. The zero-order valence-electron chi connectivity index (χ0n) is 12.0. The van der Waals surface area contributed by atoms with Gasteiger partial charge in [-0.25, -0.2) is 0 Å². The predicted molar refractivity (Wildman–Crippen MR) is 87.4 cm³/mol. The Morgan fingerprint density at radius 3 is 2.33 bits per heavy atom. The SMILES string of the molecule is CC(CCc1ccccc1)(Nc1ccc(Cl)cc1)C(N)=O. The number of nitrogens with two attached hydrogens (primary N) is 1. The highest BCUT2D eigenvalue weighted by Gasteiger charge is 2.30. The van der Waals surface area contributed by atoms with Gasteiger partial charge in [0.1, 0.15) is 5.54 Å². The lowest BCUT2D eigenvalue weighted by molar-refractivity contribution is -0.122. The first-order chi connectivity index (χ1) is 9.99. The molecule has 2 rings (SSSR count). The number of nitrogens with one attached hydrogen (secondary N) is 1. The molecule has 1 amide bonds. The van der Waals surface area contributed by atoms with Gasteiger partial charge in [0.05, 0.1) is 0 Å². The molecule has 0 aliphatic rings. The van der Waals surface area contributed by atoms with Gasteiger partial charge < -0.3 is 11.1 Å². The summed E-state index contributed by atoms with van der Waals surface area (Å²) in [6.07, 6.45) is 1.40. The van der Waals surface area contributed by atoms with Crippen LogP contribution in [0, 0.1) is 0 Å². The molecule has 0 bridgehead atoms. The fourth-order valence-electron chi connectivity index (χ4n) is 2.14. The maximum atomic E-state index is 11.8. The van der Waals surface area contributed by atoms with Gasteiger partial charge in [0.15, 0.2) is 0 Å². The van der Waals surface area contributed by atoms with Crippen molar-refractivity contribution in [3.63, 3.8) is 0 Å². The van der Waals surface area contributed by atoms with Gasteiger partial charge in [0, 0.05) is 10.7 Å². The topological polar surface area (TPSA) is 55.1 Å². The molecule has 3 nitrogen and oxygen atoms in total. The second-order valence-electron chi connectivity index (χ2n) is 5.31. The van der Waals surface area contributed by atoms with Crippen LogP contribution in [-0.2, 0) is 11.2 Å². The smallest absolute Gasteiger partial charge is 0.242 e. The van der Waals surface area contributed by atoms with Crippen molar-refractivity contribution in [1.82, 2.24) is 0 Å². The van der Waals surface area contributed by atoms with Gasteiger partial charge in [0.2, 0.25) is 5.91 Å². The van der Waals surface area contributed by atoms with Crippen molar-refractivity contribution in [2.24, 2.45) is 5.73 Å². The largest absolute Gasteiger partial charge is 0.371 e. The quantitative estimate of drug-likeness (QED) is 0.856.